The first kappa shape index (κ1) is 18.2. The van der Waals surface area contributed by atoms with Gasteiger partial charge in [-0.1, -0.05) is 23.7 Å². The molecule has 2 saturated heterocycles. The minimum absolute atomic E-state index is 0.0259. The molecule has 2 heterocycles. The molecule has 0 N–H and O–H groups in total. The summed E-state index contributed by atoms with van der Waals surface area (Å²) >= 11 is 5.90. The van der Waals surface area contributed by atoms with Crippen molar-refractivity contribution in [3.63, 3.8) is 0 Å². The third-order valence-electron chi connectivity index (χ3n) is 5.26. The maximum absolute atomic E-state index is 12.5. The van der Waals surface area contributed by atoms with Gasteiger partial charge in [0, 0.05) is 31.1 Å². The largest absolute Gasteiger partial charge is 0.335 e. The Morgan fingerprint density at radius 1 is 1.12 bits per heavy atom. The van der Waals surface area contributed by atoms with E-state index in [9.17, 15) is 9.59 Å². The smallest absolute Gasteiger partial charge is 0.242 e. The van der Waals surface area contributed by atoms with Crippen LogP contribution in [0.15, 0.2) is 24.3 Å². The summed E-state index contributed by atoms with van der Waals surface area (Å²) in [5.41, 5.74) is 1.06. The van der Waals surface area contributed by atoms with Gasteiger partial charge in [-0.05, 0) is 56.6 Å². The van der Waals surface area contributed by atoms with E-state index in [2.05, 4.69) is 11.9 Å². The lowest BCUT2D eigenvalue weighted by Crippen LogP contribution is -2.52. The number of halogens is 1. The molecular formula is C19H26ClN3O2. The quantitative estimate of drug-likeness (QED) is 0.824. The van der Waals surface area contributed by atoms with E-state index in [-0.39, 0.29) is 18.4 Å². The molecule has 1 aromatic carbocycles. The predicted molar refractivity (Wildman–Crippen MR) is 98.3 cm³/mol. The Balaban J connectivity index is 1.48. The molecule has 5 nitrogen and oxygen atoms in total. The molecule has 0 bridgehead atoms. The summed E-state index contributed by atoms with van der Waals surface area (Å²) in [5, 5.41) is 0.694. The van der Waals surface area contributed by atoms with Crippen molar-refractivity contribution in [3.8, 4) is 0 Å². The van der Waals surface area contributed by atoms with Crippen LogP contribution < -0.4 is 0 Å². The van der Waals surface area contributed by atoms with Crippen molar-refractivity contribution in [3.05, 3.63) is 34.9 Å². The van der Waals surface area contributed by atoms with Crippen molar-refractivity contribution >= 4 is 23.4 Å². The van der Waals surface area contributed by atoms with Gasteiger partial charge in [0.25, 0.3) is 0 Å². The molecule has 0 aliphatic carbocycles. The number of nitrogens with zero attached hydrogens (tertiary/aromatic N) is 3. The summed E-state index contributed by atoms with van der Waals surface area (Å²) in [6, 6.07) is 7.55. The molecule has 0 saturated carbocycles. The van der Waals surface area contributed by atoms with Gasteiger partial charge < -0.3 is 14.7 Å². The predicted octanol–water partition coefficient (Wildman–Crippen LogP) is 2.24. The van der Waals surface area contributed by atoms with Crippen LogP contribution in [0.4, 0.5) is 0 Å². The van der Waals surface area contributed by atoms with Crippen molar-refractivity contribution in [2.45, 2.75) is 25.8 Å². The first-order valence-electron chi connectivity index (χ1n) is 9.00. The highest BCUT2D eigenvalue weighted by Gasteiger charge is 2.29. The van der Waals surface area contributed by atoms with Crippen LogP contribution in [-0.4, -0.2) is 66.3 Å². The molecule has 0 atom stereocenters. The number of hydrogen-bond donors (Lipinski definition) is 0. The zero-order valence-corrected chi connectivity index (χ0v) is 15.5. The maximum Gasteiger partial charge on any atom is 0.242 e. The standard InChI is InChI=1S/C19H26ClN3O2/c1-21-8-6-15(7-9-21)12-18(24)23-11-10-22(19(25)14-23)13-16-2-4-17(20)5-3-16/h2-5,15H,6-14H2,1H3. The van der Waals surface area contributed by atoms with Crippen molar-refractivity contribution in [2.24, 2.45) is 5.92 Å². The average Bonchev–Trinajstić information content (AvgIpc) is 2.60. The van der Waals surface area contributed by atoms with E-state index in [4.69, 9.17) is 11.6 Å². The fraction of sp³-hybridized carbons (Fsp3) is 0.579. The van der Waals surface area contributed by atoms with Crippen LogP contribution in [-0.2, 0) is 16.1 Å². The second-order valence-corrected chi connectivity index (χ2v) is 7.64. The summed E-state index contributed by atoms with van der Waals surface area (Å²) in [7, 11) is 2.12. The number of carbonyl (C=O) groups excluding carboxylic acids is 2. The van der Waals surface area contributed by atoms with Crippen LogP contribution in [0.2, 0.25) is 5.02 Å². The summed E-state index contributed by atoms with van der Waals surface area (Å²) in [5.74, 6) is 0.623. The second kappa shape index (κ2) is 8.19. The molecule has 25 heavy (non-hydrogen) atoms. The fourth-order valence-electron chi connectivity index (χ4n) is 3.54. The molecule has 0 unspecified atom stereocenters. The second-order valence-electron chi connectivity index (χ2n) is 7.21. The van der Waals surface area contributed by atoms with Gasteiger partial charge in [-0.15, -0.1) is 0 Å². The van der Waals surface area contributed by atoms with Crippen LogP contribution in [0.25, 0.3) is 0 Å². The number of hydrogen-bond acceptors (Lipinski definition) is 3. The zero-order chi connectivity index (χ0) is 17.8. The molecule has 1 aromatic rings. The van der Waals surface area contributed by atoms with Gasteiger partial charge in [0.15, 0.2) is 0 Å². The SMILES string of the molecule is CN1CCC(CC(=O)N2CCN(Cc3ccc(Cl)cc3)C(=O)C2)CC1. The molecule has 3 rings (SSSR count). The van der Waals surface area contributed by atoms with E-state index in [0.717, 1.165) is 31.5 Å². The molecule has 0 aromatic heterocycles. The summed E-state index contributed by atoms with van der Waals surface area (Å²) in [6.07, 6.45) is 2.73. The Hall–Kier alpha value is -1.59. The van der Waals surface area contributed by atoms with E-state index in [1.165, 1.54) is 0 Å². The van der Waals surface area contributed by atoms with E-state index in [1.54, 1.807) is 4.90 Å². The van der Waals surface area contributed by atoms with Crippen molar-refractivity contribution in [1.29, 1.82) is 0 Å². The van der Waals surface area contributed by atoms with Crippen LogP contribution >= 0.6 is 11.6 Å². The summed E-state index contributed by atoms with van der Waals surface area (Å²) < 4.78 is 0. The lowest BCUT2D eigenvalue weighted by Gasteiger charge is -2.36. The highest BCUT2D eigenvalue weighted by atomic mass is 35.5. The minimum atomic E-state index is 0.0259. The van der Waals surface area contributed by atoms with E-state index in [1.807, 2.05) is 29.2 Å². The molecule has 0 spiro atoms. The van der Waals surface area contributed by atoms with Gasteiger partial charge in [0.2, 0.25) is 11.8 Å². The van der Waals surface area contributed by atoms with E-state index >= 15 is 0 Å². The minimum Gasteiger partial charge on any atom is -0.335 e. The van der Waals surface area contributed by atoms with E-state index in [0.29, 0.717) is 37.0 Å². The van der Waals surface area contributed by atoms with Gasteiger partial charge in [0.05, 0.1) is 6.54 Å². The first-order valence-corrected chi connectivity index (χ1v) is 9.37. The van der Waals surface area contributed by atoms with Crippen molar-refractivity contribution in [1.82, 2.24) is 14.7 Å². The number of carbonyl (C=O) groups is 2. The number of piperidine rings is 1. The number of amides is 2. The molecule has 0 radical (unpaired) electrons. The Labute approximate surface area is 154 Å². The van der Waals surface area contributed by atoms with Gasteiger partial charge in [0.1, 0.15) is 0 Å². The topological polar surface area (TPSA) is 43.9 Å². The Kier molecular flexibility index (Phi) is 5.97. The highest BCUT2D eigenvalue weighted by Crippen LogP contribution is 2.21. The van der Waals surface area contributed by atoms with Crippen LogP contribution in [0.3, 0.4) is 0 Å². The Morgan fingerprint density at radius 3 is 2.44 bits per heavy atom. The number of benzene rings is 1. The molecule has 6 heteroatoms. The molecular weight excluding hydrogens is 338 g/mol. The number of piperazine rings is 1. The lowest BCUT2D eigenvalue weighted by atomic mass is 9.93. The summed E-state index contributed by atoms with van der Waals surface area (Å²) in [6.45, 7) is 4.13. The maximum atomic E-state index is 12.5. The summed E-state index contributed by atoms with van der Waals surface area (Å²) in [4.78, 5) is 30.8. The van der Waals surface area contributed by atoms with Crippen LogP contribution in [0, 0.1) is 5.92 Å². The third-order valence-corrected chi connectivity index (χ3v) is 5.51. The van der Waals surface area contributed by atoms with Gasteiger partial charge in [-0.2, -0.15) is 0 Å². The van der Waals surface area contributed by atoms with Crippen molar-refractivity contribution in [2.75, 3.05) is 39.8 Å². The first-order chi connectivity index (χ1) is 12.0. The molecule has 136 valence electrons. The van der Waals surface area contributed by atoms with E-state index < -0.39 is 0 Å². The third kappa shape index (κ3) is 4.95. The van der Waals surface area contributed by atoms with Gasteiger partial charge in [-0.3, -0.25) is 9.59 Å². The average molecular weight is 364 g/mol. The fourth-order valence-corrected chi connectivity index (χ4v) is 3.67. The molecule has 2 amide bonds. The Bertz CT molecular complexity index is 612. The van der Waals surface area contributed by atoms with Crippen LogP contribution in [0.1, 0.15) is 24.8 Å². The monoisotopic (exact) mass is 363 g/mol. The number of likely N-dealkylation sites (tertiary alicyclic amines) is 1. The molecule has 2 aliphatic heterocycles. The Morgan fingerprint density at radius 2 is 1.80 bits per heavy atom. The van der Waals surface area contributed by atoms with Gasteiger partial charge in [-0.25, -0.2) is 0 Å². The lowest BCUT2D eigenvalue weighted by molar-refractivity contribution is -0.146. The zero-order valence-electron chi connectivity index (χ0n) is 14.8. The molecule has 2 aliphatic rings. The van der Waals surface area contributed by atoms with Crippen molar-refractivity contribution < 1.29 is 9.59 Å². The highest BCUT2D eigenvalue weighted by molar-refractivity contribution is 6.30. The number of rotatable bonds is 4. The van der Waals surface area contributed by atoms with Gasteiger partial charge >= 0.3 is 0 Å². The normalized spacial score (nSPS) is 20.2. The van der Waals surface area contributed by atoms with Crippen LogP contribution in [0.5, 0.6) is 0 Å². The molecule has 2 fully saturated rings.